The van der Waals surface area contributed by atoms with Gasteiger partial charge in [0.25, 0.3) is 0 Å². The molecule has 0 amide bonds. The zero-order valence-corrected chi connectivity index (χ0v) is 19.3. The highest BCUT2D eigenvalue weighted by molar-refractivity contribution is 7.80. The van der Waals surface area contributed by atoms with Crippen LogP contribution in [0, 0.1) is 0 Å². The quantitative estimate of drug-likeness (QED) is 0.670. The maximum absolute atomic E-state index is 6.05. The van der Waals surface area contributed by atoms with Gasteiger partial charge >= 0.3 is 0 Å². The Morgan fingerprint density at radius 1 is 1.03 bits per heavy atom. The van der Waals surface area contributed by atoms with Crippen LogP contribution in [0.15, 0.2) is 24.3 Å². The van der Waals surface area contributed by atoms with Crippen LogP contribution >= 0.6 is 12.2 Å². The molecule has 0 aromatic heterocycles. The van der Waals surface area contributed by atoms with Gasteiger partial charge in [-0.25, -0.2) is 0 Å². The topological polar surface area (TPSA) is 27.7 Å². The fourth-order valence-corrected chi connectivity index (χ4v) is 5.30. The summed E-state index contributed by atoms with van der Waals surface area (Å²) in [5.41, 5.74) is 1.30. The number of likely N-dealkylation sites (tertiary alicyclic amines) is 1. The van der Waals surface area contributed by atoms with Crippen molar-refractivity contribution in [1.29, 1.82) is 0 Å². The third kappa shape index (κ3) is 6.32. The van der Waals surface area contributed by atoms with Gasteiger partial charge in [-0.2, -0.15) is 0 Å². The maximum Gasteiger partial charge on any atom is 0.169 e. The Labute approximate surface area is 183 Å². The number of hydrogen-bond acceptors (Lipinski definition) is 3. The fraction of sp³-hybridized carbons (Fsp3) is 0.708. The second-order valence-electron chi connectivity index (χ2n) is 8.88. The minimum absolute atomic E-state index is 0.253. The molecule has 1 aromatic rings. The van der Waals surface area contributed by atoms with E-state index in [9.17, 15) is 0 Å². The molecule has 1 aliphatic heterocycles. The molecule has 0 bridgehead atoms. The summed E-state index contributed by atoms with van der Waals surface area (Å²) in [4.78, 5) is 4.93. The predicted octanol–water partition coefficient (Wildman–Crippen LogP) is 5.14. The molecule has 1 heterocycles. The molecule has 2 aliphatic rings. The summed E-state index contributed by atoms with van der Waals surface area (Å²) in [7, 11) is 3.94. The van der Waals surface area contributed by atoms with Crippen molar-refractivity contribution in [2.45, 2.75) is 82.8 Å². The Morgan fingerprint density at radius 2 is 1.62 bits per heavy atom. The first-order chi connectivity index (χ1) is 14.1. The molecule has 1 aliphatic carbocycles. The molecule has 1 aromatic carbocycles. The Morgan fingerprint density at radius 3 is 2.21 bits per heavy atom. The van der Waals surface area contributed by atoms with Gasteiger partial charge in [0.1, 0.15) is 5.75 Å². The van der Waals surface area contributed by atoms with Gasteiger partial charge in [-0.05, 0) is 82.7 Å². The molecule has 1 atom stereocenters. The number of rotatable bonds is 5. The van der Waals surface area contributed by atoms with E-state index in [1.807, 2.05) is 0 Å². The van der Waals surface area contributed by atoms with Crippen molar-refractivity contribution in [3.8, 4) is 5.75 Å². The molecule has 5 heteroatoms. The third-order valence-corrected chi connectivity index (χ3v) is 7.09. The van der Waals surface area contributed by atoms with Crippen molar-refractivity contribution >= 4 is 17.3 Å². The van der Waals surface area contributed by atoms with Crippen LogP contribution in [0.3, 0.4) is 0 Å². The Balaban J connectivity index is 1.74. The molecule has 0 spiro atoms. The summed E-state index contributed by atoms with van der Waals surface area (Å²) < 4.78 is 5.35. The van der Waals surface area contributed by atoms with Crippen molar-refractivity contribution in [3.63, 3.8) is 0 Å². The van der Waals surface area contributed by atoms with Crippen molar-refractivity contribution < 1.29 is 4.74 Å². The SMILES string of the molecule is COc1ccc(C(C)N(C(=S)NC2CCCCCCC2)C2CCN(C)CC2)cc1. The van der Waals surface area contributed by atoms with Crippen LogP contribution in [0.5, 0.6) is 5.75 Å². The van der Waals surface area contributed by atoms with Gasteiger partial charge in [-0.1, -0.05) is 44.2 Å². The van der Waals surface area contributed by atoms with Crippen LogP contribution in [0.2, 0.25) is 0 Å². The molecular weight excluding hydrogens is 378 g/mol. The van der Waals surface area contributed by atoms with Gasteiger partial charge in [0.15, 0.2) is 5.11 Å². The van der Waals surface area contributed by atoms with Gasteiger partial charge in [-0.3, -0.25) is 0 Å². The molecule has 1 N–H and O–H groups in total. The first kappa shape index (κ1) is 22.4. The first-order valence-corrected chi connectivity index (χ1v) is 11.9. The normalized spacial score (nSPS) is 21.1. The molecule has 4 nitrogen and oxygen atoms in total. The number of thiocarbonyl (C=S) groups is 1. The van der Waals surface area contributed by atoms with Crippen molar-refractivity contribution in [2.75, 3.05) is 27.2 Å². The Bertz CT molecular complexity index is 620. The maximum atomic E-state index is 6.05. The molecule has 162 valence electrons. The van der Waals surface area contributed by atoms with Crippen LogP contribution in [0.1, 0.15) is 76.3 Å². The number of piperidine rings is 1. The summed E-state index contributed by atoms with van der Waals surface area (Å²) in [6, 6.07) is 9.76. The van der Waals surface area contributed by atoms with E-state index in [1.165, 1.54) is 63.4 Å². The zero-order valence-electron chi connectivity index (χ0n) is 18.5. The van der Waals surface area contributed by atoms with E-state index >= 15 is 0 Å². The van der Waals surface area contributed by atoms with E-state index in [1.54, 1.807) is 7.11 Å². The second-order valence-corrected chi connectivity index (χ2v) is 9.27. The van der Waals surface area contributed by atoms with E-state index in [4.69, 9.17) is 17.0 Å². The standard InChI is InChI=1S/C24H39N3OS/c1-19(20-11-13-23(28-3)14-12-20)27(22-15-17-26(2)18-16-22)24(29)25-21-9-7-5-4-6-8-10-21/h11-14,19,21-22H,4-10,15-18H2,1-3H3,(H,25,29). The first-order valence-electron chi connectivity index (χ1n) is 11.5. The van der Waals surface area contributed by atoms with Crippen molar-refractivity contribution in [3.05, 3.63) is 29.8 Å². The van der Waals surface area contributed by atoms with Gasteiger partial charge < -0.3 is 19.9 Å². The molecular formula is C24H39N3OS. The van der Waals surface area contributed by atoms with E-state index in [0.717, 1.165) is 24.0 Å². The van der Waals surface area contributed by atoms with Crippen LogP contribution in [0.4, 0.5) is 0 Å². The second kappa shape index (κ2) is 11.2. The van der Waals surface area contributed by atoms with Gasteiger partial charge in [0.2, 0.25) is 0 Å². The third-order valence-electron chi connectivity index (χ3n) is 6.76. The largest absolute Gasteiger partial charge is 0.497 e. The molecule has 1 saturated carbocycles. The monoisotopic (exact) mass is 417 g/mol. The summed E-state index contributed by atoms with van der Waals surface area (Å²) >= 11 is 6.05. The van der Waals surface area contributed by atoms with E-state index in [-0.39, 0.29) is 6.04 Å². The lowest BCUT2D eigenvalue weighted by atomic mass is 9.96. The van der Waals surface area contributed by atoms with Crippen molar-refractivity contribution in [2.24, 2.45) is 0 Å². The Kier molecular flexibility index (Phi) is 8.61. The summed E-state index contributed by atoms with van der Waals surface area (Å²) in [5.74, 6) is 0.905. The highest BCUT2D eigenvalue weighted by Crippen LogP contribution is 2.29. The number of ether oxygens (including phenoxy) is 1. The molecule has 1 saturated heterocycles. The fourth-order valence-electron chi connectivity index (χ4n) is 4.82. The minimum Gasteiger partial charge on any atom is -0.497 e. The van der Waals surface area contributed by atoms with Crippen LogP contribution < -0.4 is 10.1 Å². The molecule has 0 radical (unpaired) electrons. The van der Waals surface area contributed by atoms with E-state index in [0.29, 0.717) is 12.1 Å². The number of methoxy groups -OCH3 is 1. The van der Waals surface area contributed by atoms with E-state index in [2.05, 4.69) is 53.4 Å². The lowest BCUT2D eigenvalue weighted by Crippen LogP contribution is -2.53. The summed E-state index contributed by atoms with van der Waals surface area (Å²) in [6.07, 6.45) is 11.6. The molecule has 2 fully saturated rings. The highest BCUT2D eigenvalue weighted by atomic mass is 32.1. The molecule has 1 unspecified atom stereocenters. The van der Waals surface area contributed by atoms with Crippen LogP contribution in [-0.4, -0.2) is 54.2 Å². The van der Waals surface area contributed by atoms with Crippen molar-refractivity contribution in [1.82, 2.24) is 15.1 Å². The van der Waals surface area contributed by atoms with Gasteiger partial charge in [0.05, 0.1) is 13.2 Å². The van der Waals surface area contributed by atoms with Crippen LogP contribution in [-0.2, 0) is 0 Å². The van der Waals surface area contributed by atoms with Crippen LogP contribution in [0.25, 0.3) is 0 Å². The molecule has 3 rings (SSSR count). The van der Waals surface area contributed by atoms with Gasteiger partial charge in [-0.15, -0.1) is 0 Å². The van der Waals surface area contributed by atoms with Gasteiger partial charge in [0, 0.05) is 12.1 Å². The lowest BCUT2D eigenvalue weighted by molar-refractivity contribution is 0.148. The lowest BCUT2D eigenvalue weighted by Gasteiger charge is -2.43. The number of nitrogens with zero attached hydrogens (tertiary/aromatic N) is 2. The summed E-state index contributed by atoms with van der Waals surface area (Å²) in [6.45, 7) is 4.58. The Hall–Kier alpha value is -1.33. The minimum atomic E-state index is 0.253. The predicted molar refractivity (Wildman–Crippen MR) is 126 cm³/mol. The number of nitrogens with one attached hydrogen (secondary N) is 1. The average molecular weight is 418 g/mol. The number of hydrogen-bond donors (Lipinski definition) is 1. The average Bonchev–Trinajstić information content (AvgIpc) is 2.71. The number of benzene rings is 1. The zero-order chi connectivity index (χ0) is 20.6. The highest BCUT2D eigenvalue weighted by Gasteiger charge is 2.30. The van der Waals surface area contributed by atoms with E-state index < -0.39 is 0 Å². The molecule has 29 heavy (non-hydrogen) atoms. The smallest absolute Gasteiger partial charge is 0.169 e. The summed E-state index contributed by atoms with van der Waals surface area (Å²) in [5, 5.41) is 4.74.